The molecule has 0 spiro atoms. The fourth-order valence-corrected chi connectivity index (χ4v) is 4.74. The van der Waals surface area contributed by atoms with E-state index in [0.717, 1.165) is 66.3 Å². The molecule has 36 heavy (non-hydrogen) atoms. The number of carbonyl (C=O) groups is 1. The fraction of sp³-hybridized carbons (Fsp3) is 0.357. The van der Waals surface area contributed by atoms with Crippen molar-refractivity contribution in [3.8, 4) is 5.69 Å². The van der Waals surface area contributed by atoms with Crippen LogP contribution in [-0.2, 0) is 6.42 Å². The molecule has 0 saturated carbocycles. The highest BCUT2D eigenvalue weighted by Crippen LogP contribution is 2.30. The van der Waals surface area contributed by atoms with Crippen LogP contribution >= 0.6 is 0 Å². The number of hydrogen-bond acceptors (Lipinski definition) is 5. The Labute approximate surface area is 210 Å². The molecule has 1 aliphatic rings. The second-order valence-corrected chi connectivity index (χ2v) is 9.24. The highest BCUT2D eigenvalue weighted by Gasteiger charge is 2.25. The number of unbranched alkanes of at least 4 members (excludes halogenated alkanes) is 1. The third-order valence-electron chi connectivity index (χ3n) is 6.66. The van der Waals surface area contributed by atoms with Gasteiger partial charge in [-0.3, -0.25) is 4.79 Å². The average Bonchev–Trinajstić information content (AvgIpc) is 3.07. The minimum atomic E-state index is -0.287. The van der Waals surface area contributed by atoms with Crippen LogP contribution in [0.15, 0.2) is 54.6 Å². The van der Waals surface area contributed by atoms with Gasteiger partial charge in [0, 0.05) is 38.2 Å². The minimum absolute atomic E-state index is 0.0641. The summed E-state index contributed by atoms with van der Waals surface area (Å²) in [4.78, 5) is 27.2. The molecule has 0 N–H and O–H groups in total. The Bertz CT molecular complexity index is 1350. The molecular weight excluding hydrogens is 455 g/mol. The lowest BCUT2D eigenvalue weighted by Crippen LogP contribution is -2.35. The van der Waals surface area contributed by atoms with Crippen molar-refractivity contribution < 1.29 is 9.18 Å². The molecule has 0 aliphatic carbocycles. The minimum Gasteiger partial charge on any atom is -0.354 e. The smallest absolute Gasteiger partial charge is 0.253 e. The first-order chi connectivity index (χ1) is 17.5. The van der Waals surface area contributed by atoms with E-state index in [0.29, 0.717) is 25.2 Å². The third-order valence-corrected chi connectivity index (χ3v) is 6.66. The molecule has 186 valence electrons. The van der Waals surface area contributed by atoms with E-state index in [1.54, 1.807) is 16.8 Å². The van der Waals surface area contributed by atoms with E-state index >= 15 is 0 Å². The number of benzene rings is 2. The highest BCUT2D eigenvalue weighted by atomic mass is 19.1. The molecule has 3 heterocycles. The van der Waals surface area contributed by atoms with Gasteiger partial charge >= 0.3 is 0 Å². The van der Waals surface area contributed by atoms with Crippen molar-refractivity contribution >= 4 is 22.8 Å². The Morgan fingerprint density at radius 1 is 0.972 bits per heavy atom. The quantitative estimate of drug-likeness (QED) is 0.385. The molecule has 7 nitrogen and oxygen atoms in total. The number of aryl methyl sites for hydroxylation is 2. The van der Waals surface area contributed by atoms with Gasteiger partial charge in [-0.05, 0) is 56.2 Å². The molecule has 8 heteroatoms. The van der Waals surface area contributed by atoms with Crippen LogP contribution in [0.4, 0.5) is 10.2 Å². The maximum atomic E-state index is 13.6. The lowest BCUT2D eigenvalue weighted by Gasteiger charge is -2.24. The zero-order chi connectivity index (χ0) is 25.1. The van der Waals surface area contributed by atoms with Gasteiger partial charge in [-0.1, -0.05) is 31.5 Å². The average molecular weight is 487 g/mol. The summed E-state index contributed by atoms with van der Waals surface area (Å²) in [6, 6.07) is 15.8. The second kappa shape index (κ2) is 10.4. The normalized spacial score (nSPS) is 14.3. The molecule has 4 aromatic rings. The number of carbonyl (C=O) groups excluding carboxylic acids is 1. The van der Waals surface area contributed by atoms with E-state index < -0.39 is 0 Å². The number of amides is 1. The number of aromatic nitrogens is 4. The van der Waals surface area contributed by atoms with Gasteiger partial charge in [0.05, 0.1) is 16.8 Å². The van der Waals surface area contributed by atoms with Crippen LogP contribution in [0.3, 0.4) is 0 Å². The Hall–Kier alpha value is -3.81. The first-order valence-electron chi connectivity index (χ1n) is 12.7. The first-order valence-corrected chi connectivity index (χ1v) is 12.7. The van der Waals surface area contributed by atoms with Gasteiger partial charge in [0.1, 0.15) is 17.5 Å². The zero-order valence-electron chi connectivity index (χ0n) is 20.8. The van der Waals surface area contributed by atoms with Crippen LogP contribution in [0.25, 0.3) is 16.7 Å². The van der Waals surface area contributed by atoms with Crippen molar-refractivity contribution in [2.45, 2.75) is 39.5 Å². The lowest BCUT2D eigenvalue weighted by molar-refractivity contribution is 0.0767. The van der Waals surface area contributed by atoms with Crippen molar-refractivity contribution in [2.24, 2.45) is 0 Å². The SMILES string of the molecule is CCCCc1nc(N2CCCN(C(=O)c3ccccc3)CC2)c2c(C)nn(-c3ccc(F)cc3)c2n1. The Morgan fingerprint density at radius 2 is 1.75 bits per heavy atom. The van der Waals surface area contributed by atoms with Gasteiger partial charge in [-0.15, -0.1) is 0 Å². The summed E-state index contributed by atoms with van der Waals surface area (Å²) in [6.45, 7) is 6.91. The van der Waals surface area contributed by atoms with Gasteiger partial charge in [-0.2, -0.15) is 5.10 Å². The number of anilines is 1. The van der Waals surface area contributed by atoms with Crippen molar-refractivity contribution in [3.05, 3.63) is 77.5 Å². The fourth-order valence-electron chi connectivity index (χ4n) is 4.74. The molecule has 1 saturated heterocycles. The van der Waals surface area contributed by atoms with Crippen LogP contribution < -0.4 is 4.90 Å². The van der Waals surface area contributed by atoms with Crippen LogP contribution in [-0.4, -0.2) is 56.7 Å². The topological polar surface area (TPSA) is 67.2 Å². The molecule has 0 radical (unpaired) electrons. The Kier molecular flexibility index (Phi) is 6.93. The van der Waals surface area contributed by atoms with E-state index in [4.69, 9.17) is 15.1 Å². The van der Waals surface area contributed by atoms with E-state index in [1.165, 1.54) is 12.1 Å². The van der Waals surface area contributed by atoms with Crippen molar-refractivity contribution in [2.75, 3.05) is 31.1 Å². The van der Waals surface area contributed by atoms with E-state index in [-0.39, 0.29) is 11.7 Å². The summed E-state index contributed by atoms with van der Waals surface area (Å²) >= 11 is 0. The molecule has 5 rings (SSSR count). The zero-order valence-corrected chi connectivity index (χ0v) is 20.8. The molecule has 1 aliphatic heterocycles. The highest BCUT2D eigenvalue weighted by molar-refractivity contribution is 5.94. The predicted octanol–water partition coefficient (Wildman–Crippen LogP) is 4.96. The lowest BCUT2D eigenvalue weighted by atomic mass is 10.2. The van der Waals surface area contributed by atoms with Gasteiger partial charge in [0.15, 0.2) is 5.65 Å². The first kappa shape index (κ1) is 23.9. The molecule has 1 amide bonds. The van der Waals surface area contributed by atoms with Crippen LogP contribution in [0, 0.1) is 12.7 Å². The van der Waals surface area contributed by atoms with Crippen LogP contribution in [0.1, 0.15) is 48.1 Å². The van der Waals surface area contributed by atoms with Gasteiger partial charge in [-0.25, -0.2) is 19.0 Å². The van der Waals surface area contributed by atoms with Crippen LogP contribution in [0.2, 0.25) is 0 Å². The number of rotatable bonds is 6. The third kappa shape index (κ3) is 4.80. The van der Waals surface area contributed by atoms with Crippen LogP contribution in [0.5, 0.6) is 0 Å². The molecule has 0 unspecified atom stereocenters. The molecule has 0 bridgehead atoms. The summed E-state index contributed by atoms with van der Waals surface area (Å²) < 4.78 is 15.4. The standard InChI is InChI=1S/C28H31FN6O/c1-3-4-11-24-30-26(25-20(2)32-35(27(25)31-24)23-14-12-22(29)13-15-23)33-16-8-17-34(19-18-33)28(36)21-9-6-5-7-10-21/h5-7,9-10,12-15H,3-4,8,11,16-19H2,1-2H3. The summed E-state index contributed by atoms with van der Waals surface area (Å²) in [5.41, 5.74) is 3.04. The number of fused-ring (bicyclic) bond motifs is 1. The molecule has 1 fully saturated rings. The largest absolute Gasteiger partial charge is 0.354 e. The molecule has 2 aromatic carbocycles. The predicted molar refractivity (Wildman–Crippen MR) is 139 cm³/mol. The van der Waals surface area contributed by atoms with E-state index in [1.807, 2.05) is 42.2 Å². The number of halogens is 1. The van der Waals surface area contributed by atoms with Crippen molar-refractivity contribution in [1.82, 2.24) is 24.6 Å². The van der Waals surface area contributed by atoms with Gasteiger partial charge in [0.25, 0.3) is 5.91 Å². The maximum Gasteiger partial charge on any atom is 0.253 e. The summed E-state index contributed by atoms with van der Waals surface area (Å²) in [5, 5.41) is 5.68. The number of nitrogens with zero attached hydrogens (tertiary/aromatic N) is 6. The monoisotopic (exact) mass is 486 g/mol. The molecule has 0 atom stereocenters. The molecule has 2 aromatic heterocycles. The van der Waals surface area contributed by atoms with Gasteiger partial charge < -0.3 is 9.80 Å². The summed E-state index contributed by atoms with van der Waals surface area (Å²) in [5.74, 6) is 1.43. The molecular formula is C28H31FN6O. The number of hydrogen-bond donors (Lipinski definition) is 0. The maximum absolute atomic E-state index is 13.6. The Balaban J connectivity index is 1.51. The van der Waals surface area contributed by atoms with Crippen molar-refractivity contribution in [3.63, 3.8) is 0 Å². The summed E-state index contributed by atoms with van der Waals surface area (Å²) in [7, 11) is 0. The van der Waals surface area contributed by atoms with E-state index in [2.05, 4.69) is 11.8 Å². The Morgan fingerprint density at radius 3 is 2.50 bits per heavy atom. The van der Waals surface area contributed by atoms with Crippen molar-refractivity contribution in [1.29, 1.82) is 0 Å². The second-order valence-electron chi connectivity index (χ2n) is 9.24. The van der Waals surface area contributed by atoms with Gasteiger partial charge in [0.2, 0.25) is 0 Å². The summed E-state index contributed by atoms with van der Waals surface area (Å²) in [6.07, 6.45) is 3.67. The van der Waals surface area contributed by atoms with E-state index in [9.17, 15) is 9.18 Å².